The molecule has 0 radical (unpaired) electrons. The molecule has 1 aliphatic heterocycles. The van der Waals surface area contributed by atoms with Gasteiger partial charge < -0.3 is 15.1 Å². The van der Waals surface area contributed by atoms with Crippen molar-refractivity contribution in [2.24, 2.45) is 0 Å². The molecule has 4 heteroatoms. The van der Waals surface area contributed by atoms with Crippen molar-refractivity contribution in [1.29, 1.82) is 0 Å². The maximum atomic E-state index is 5.47. The van der Waals surface area contributed by atoms with Gasteiger partial charge in [-0.1, -0.05) is 0 Å². The maximum absolute atomic E-state index is 5.47. The summed E-state index contributed by atoms with van der Waals surface area (Å²) in [4.78, 5) is 4.35. The third kappa shape index (κ3) is 2.20. The largest absolute Gasteiger partial charge is 0.441 e. The normalized spacial score (nSPS) is 22.5. The molecule has 0 saturated carbocycles. The van der Waals surface area contributed by atoms with E-state index in [1.807, 2.05) is 13.0 Å². The van der Waals surface area contributed by atoms with Gasteiger partial charge in [0, 0.05) is 30.7 Å². The van der Waals surface area contributed by atoms with Gasteiger partial charge in [-0.25, -0.2) is 4.98 Å². The van der Waals surface area contributed by atoms with E-state index < -0.39 is 0 Å². The quantitative estimate of drug-likeness (QED) is 0.854. The van der Waals surface area contributed by atoms with E-state index in [1.165, 1.54) is 0 Å². The number of anilines is 1. The Morgan fingerprint density at radius 3 is 3.00 bits per heavy atom. The Kier molecular flexibility index (Phi) is 2.55. The Morgan fingerprint density at radius 1 is 1.44 bits per heavy atom. The van der Waals surface area contributed by atoms with Crippen molar-refractivity contribution in [1.82, 2.24) is 10.3 Å². The zero-order chi connectivity index (χ0) is 12.8. The Hall–Kier alpha value is -1.55. The molecule has 0 amide bonds. The van der Waals surface area contributed by atoms with Crippen molar-refractivity contribution in [2.45, 2.75) is 38.8 Å². The van der Waals surface area contributed by atoms with E-state index in [9.17, 15) is 0 Å². The van der Waals surface area contributed by atoms with E-state index in [-0.39, 0.29) is 5.54 Å². The summed E-state index contributed by atoms with van der Waals surface area (Å²) in [5, 5.41) is 7.06. The molecule has 0 aliphatic carbocycles. The minimum atomic E-state index is 0.228. The zero-order valence-corrected chi connectivity index (χ0v) is 11.1. The second-order valence-electron chi connectivity index (χ2n) is 5.73. The minimum absolute atomic E-state index is 0.228. The summed E-state index contributed by atoms with van der Waals surface area (Å²) < 4.78 is 5.47. The van der Waals surface area contributed by atoms with Crippen LogP contribution in [0, 0.1) is 6.92 Å². The van der Waals surface area contributed by atoms with Gasteiger partial charge in [0.1, 0.15) is 5.52 Å². The van der Waals surface area contributed by atoms with Crippen LogP contribution in [0.5, 0.6) is 0 Å². The standard InChI is InChI=1S/C14H19N3O/c1-9-16-12-6-10(4-5-13(12)18-9)17-11-7-14(2,3)15-8-11/h4-6,11,15,17H,7-8H2,1-3H3. The molecule has 1 fully saturated rings. The fourth-order valence-corrected chi connectivity index (χ4v) is 2.63. The summed E-state index contributed by atoms with van der Waals surface area (Å²) in [6.07, 6.45) is 1.13. The van der Waals surface area contributed by atoms with E-state index in [1.54, 1.807) is 0 Å². The lowest BCUT2D eigenvalue weighted by molar-refractivity contribution is 0.457. The molecule has 2 N–H and O–H groups in total. The van der Waals surface area contributed by atoms with Gasteiger partial charge in [0.05, 0.1) is 0 Å². The van der Waals surface area contributed by atoms with Gasteiger partial charge in [0.15, 0.2) is 11.5 Å². The van der Waals surface area contributed by atoms with E-state index in [4.69, 9.17) is 4.42 Å². The van der Waals surface area contributed by atoms with Crippen molar-refractivity contribution in [3.63, 3.8) is 0 Å². The minimum Gasteiger partial charge on any atom is -0.441 e. The molecule has 4 nitrogen and oxygen atoms in total. The van der Waals surface area contributed by atoms with Crippen LogP contribution >= 0.6 is 0 Å². The van der Waals surface area contributed by atoms with Gasteiger partial charge in [-0.15, -0.1) is 0 Å². The van der Waals surface area contributed by atoms with Crippen LogP contribution in [-0.2, 0) is 0 Å². The van der Waals surface area contributed by atoms with Crippen LogP contribution in [0.1, 0.15) is 26.2 Å². The van der Waals surface area contributed by atoms with Gasteiger partial charge in [-0.05, 0) is 38.5 Å². The number of fused-ring (bicyclic) bond motifs is 1. The predicted molar refractivity (Wildman–Crippen MR) is 72.9 cm³/mol. The third-order valence-electron chi connectivity index (χ3n) is 3.45. The highest BCUT2D eigenvalue weighted by Crippen LogP contribution is 2.24. The van der Waals surface area contributed by atoms with Crippen LogP contribution in [0.4, 0.5) is 5.69 Å². The second kappa shape index (κ2) is 3.99. The molecular formula is C14H19N3O. The molecule has 2 aromatic rings. The average Bonchev–Trinajstić information content (AvgIpc) is 2.80. The average molecular weight is 245 g/mol. The van der Waals surface area contributed by atoms with Crippen molar-refractivity contribution >= 4 is 16.8 Å². The topological polar surface area (TPSA) is 50.1 Å². The van der Waals surface area contributed by atoms with Crippen LogP contribution in [0.25, 0.3) is 11.1 Å². The van der Waals surface area contributed by atoms with Crippen molar-refractivity contribution in [2.75, 3.05) is 11.9 Å². The number of aromatic nitrogens is 1. The smallest absolute Gasteiger partial charge is 0.192 e. The fourth-order valence-electron chi connectivity index (χ4n) is 2.63. The molecular weight excluding hydrogens is 226 g/mol. The first kappa shape index (κ1) is 11.5. The molecule has 18 heavy (non-hydrogen) atoms. The van der Waals surface area contributed by atoms with E-state index in [2.05, 4.69) is 41.6 Å². The number of hydrogen-bond donors (Lipinski definition) is 2. The summed E-state index contributed by atoms with van der Waals surface area (Å²) in [7, 11) is 0. The molecule has 96 valence electrons. The predicted octanol–water partition coefficient (Wildman–Crippen LogP) is 2.69. The molecule has 1 aliphatic rings. The Balaban J connectivity index is 1.78. The van der Waals surface area contributed by atoms with Crippen LogP contribution in [0.2, 0.25) is 0 Å². The highest BCUT2D eigenvalue weighted by Gasteiger charge is 2.29. The summed E-state index contributed by atoms with van der Waals surface area (Å²) in [6.45, 7) is 7.34. The number of hydrogen-bond acceptors (Lipinski definition) is 4. The first-order valence-corrected chi connectivity index (χ1v) is 6.41. The molecule has 0 bridgehead atoms. The van der Waals surface area contributed by atoms with Crippen molar-refractivity contribution in [3.8, 4) is 0 Å². The van der Waals surface area contributed by atoms with Gasteiger partial charge in [-0.2, -0.15) is 0 Å². The number of oxazole rings is 1. The van der Waals surface area contributed by atoms with E-state index in [0.29, 0.717) is 11.9 Å². The molecule has 1 unspecified atom stereocenters. The highest BCUT2D eigenvalue weighted by atomic mass is 16.3. The highest BCUT2D eigenvalue weighted by molar-refractivity contribution is 5.77. The number of nitrogens with one attached hydrogen (secondary N) is 2. The van der Waals surface area contributed by atoms with Crippen LogP contribution < -0.4 is 10.6 Å². The Morgan fingerprint density at radius 2 is 2.28 bits per heavy atom. The molecule has 2 heterocycles. The monoisotopic (exact) mass is 245 g/mol. The lowest BCUT2D eigenvalue weighted by atomic mass is 10.0. The molecule has 3 rings (SSSR count). The first-order valence-electron chi connectivity index (χ1n) is 6.41. The summed E-state index contributed by atoms with van der Waals surface area (Å²) in [6, 6.07) is 6.56. The van der Waals surface area contributed by atoms with Crippen LogP contribution in [-0.4, -0.2) is 23.1 Å². The fraction of sp³-hybridized carbons (Fsp3) is 0.500. The molecule has 1 saturated heterocycles. The summed E-state index contributed by atoms with van der Waals surface area (Å²) >= 11 is 0. The molecule has 0 spiro atoms. The number of rotatable bonds is 2. The van der Waals surface area contributed by atoms with E-state index in [0.717, 1.165) is 29.8 Å². The molecule has 1 aromatic carbocycles. The lowest BCUT2D eigenvalue weighted by Crippen LogP contribution is -2.31. The number of nitrogens with zero attached hydrogens (tertiary/aromatic N) is 1. The zero-order valence-electron chi connectivity index (χ0n) is 11.1. The first-order chi connectivity index (χ1) is 8.52. The molecule has 1 aromatic heterocycles. The van der Waals surface area contributed by atoms with E-state index >= 15 is 0 Å². The lowest BCUT2D eigenvalue weighted by Gasteiger charge is -2.18. The third-order valence-corrected chi connectivity index (χ3v) is 3.45. The van der Waals surface area contributed by atoms with Gasteiger partial charge in [0.2, 0.25) is 0 Å². The Bertz CT molecular complexity index is 573. The van der Waals surface area contributed by atoms with Gasteiger partial charge in [-0.3, -0.25) is 0 Å². The van der Waals surface area contributed by atoms with Gasteiger partial charge >= 0.3 is 0 Å². The van der Waals surface area contributed by atoms with Crippen molar-refractivity contribution in [3.05, 3.63) is 24.1 Å². The van der Waals surface area contributed by atoms with Crippen molar-refractivity contribution < 1.29 is 4.42 Å². The van der Waals surface area contributed by atoms with Crippen LogP contribution in [0.3, 0.4) is 0 Å². The second-order valence-corrected chi connectivity index (χ2v) is 5.73. The summed E-state index contributed by atoms with van der Waals surface area (Å²) in [5.41, 5.74) is 3.11. The number of benzene rings is 1. The van der Waals surface area contributed by atoms with Crippen LogP contribution in [0.15, 0.2) is 22.6 Å². The Labute approximate surface area is 107 Å². The molecule has 1 atom stereocenters. The van der Waals surface area contributed by atoms with Gasteiger partial charge in [0.25, 0.3) is 0 Å². The number of aryl methyl sites for hydroxylation is 1. The SMILES string of the molecule is Cc1nc2cc(NC3CNC(C)(C)C3)ccc2o1. The summed E-state index contributed by atoms with van der Waals surface area (Å²) in [5.74, 6) is 0.714. The maximum Gasteiger partial charge on any atom is 0.192 e.